The lowest BCUT2D eigenvalue weighted by Crippen LogP contribution is -1.96. The van der Waals surface area contributed by atoms with Crippen molar-refractivity contribution in [3.8, 4) is 0 Å². The van der Waals surface area contributed by atoms with Crippen molar-refractivity contribution in [2.75, 3.05) is 0 Å². The van der Waals surface area contributed by atoms with Gasteiger partial charge in [0, 0.05) is 12.5 Å². The quantitative estimate of drug-likeness (QED) is 0.418. The van der Waals surface area contributed by atoms with Crippen molar-refractivity contribution in [1.82, 2.24) is 15.2 Å². The number of halogens is 2. The second-order valence-electron chi connectivity index (χ2n) is 4.91. The van der Waals surface area contributed by atoms with Crippen LogP contribution in [0.3, 0.4) is 0 Å². The second kappa shape index (κ2) is 6.67. The summed E-state index contributed by atoms with van der Waals surface area (Å²) in [4.78, 5) is 15.8. The van der Waals surface area contributed by atoms with Gasteiger partial charge in [-0.3, -0.25) is 4.79 Å². The number of nitrogens with one attached hydrogen (secondary N) is 1. The number of aliphatic hydroxyl groups is 1. The highest BCUT2D eigenvalue weighted by atomic mass is 35.5. The molecule has 0 radical (unpaired) electrons. The van der Waals surface area contributed by atoms with E-state index in [1.165, 1.54) is 18.2 Å². The summed E-state index contributed by atoms with van der Waals surface area (Å²) < 4.78 is 18.3. The molecule has 2 N–H and O–H groups in total. The smallest absolute Gasteiger partial charge is 0.224 e. The van der Waals surface area contributed by atoms with Crippen molar-refractivity contribution >= 4 is 23.1 Å². The van der Waals surface area contributed by atoms with Gasteiger partial charge in [-0.05, 0) is 41.4 Å². The minimum atomic E-state index is -0.543. The molecule has 0 unspecified atom stereocenters. The zero-order valence-corrected chi connectivity index (χ0v) is 12.9. The monoisotopic (exact) mass is 347 g/mol. The lowest BCUT2D eigenvalue weighted by atomic mass is 10.1. The maximum atomic E-state index is 12.9. The van der Waals surface area contributed by atoms with Crippen LogP contribution in [0.1, 0.15) is 27.7 Å². The minimum absolute atomic E-state index is 0.00279. The third-order valence-corrected chi connectivity index (χ3v) is 3.32. The number of furan rings is 1. The summed E-state index contributed by atoms with van der Waals surface area (Å²) in [6.45, 7) is 0. The van der Waals surface area contributed by atoms with E-state index in [1.807, 2.05) is 0 Å². The lowest BCUT2D eigenvalue weighted by Gasteiger charge is -1.98. The Morgan fingerprint density at radius 3 is 2.71 bits per heavy atom. The molecule has 2 aromatic heterocycles. The molecule has 122 valence electrons. The number of carbonyl (C=O) groups is 1. The van der Waals surface area contributed by atoms with Crippen molar-refractivity contribution < 1.29 is 18.7 Å². The van der Waals surface area contributed by atoms with E-state index in [9.17, 15) is 14.3 Å². The SMILES string of the molecule is O=C(C=C(O)c1n[nH]c(Cl)n1)c1ccc(Cc2ccc(F)cc2)o1. The fourth-order valence-corrected chi connectivity index (χ4v) is 2.15. The largest absolute Gasteiger partial charge is 0.504 e. The summed E-state index contributed by atoms with van der Waals surface area (Å²) in [5, 5.41) is 15.8. The van der Waals surface area contributed by atoms with Crippen LogP contribution in [0.4, 0.5) is 4.39 Å². The highest BCUT2D eigenvalue weighted by Gasteiger charge is 2.13. The van der Waals surface area contributed by atoms with E-state index >= 15 is 0 Å². The fourth-order valence-electron chi connectivity index (χ4n) is 2.03. The predicted octanol–water partition coefficient (Wildman–Crippen LogP) is 3.56. The number of aliphatic hydroxyl groups excluding tert-OH is 1. The first kappa shape index (κ1) is 15.9. The van der Waals surface area contributed by atoms with Gasteiger partial charge in [0.2, 0.25) is 16.9 Å². The van der Waals surface area contributed by atoms with Gasteiger partial charge in [-0.15, -0.1) is 5.10 Å². The van der Waals surface area contributed by atoms with E-state index in [4.69, 9.17) is 16.0 Å². The number of hydrogen-bond acceptors (Lipinski definition) is 5. The number of aromatic amines is 1. The molecule has 0 amide bonds. The second-order valence-corrected chi connectivity index (χ2v) is 5.27. The van der Waals surface area contributed by atoms with Crippen molar-refractivity contribution in [3.63, 3.8) is 0 Å². The molecule has 0 aliphatic rings. The third-order valence-electron chi connectivity index (χ3n) is 3.15. The van der Waals surface area contributed by atoms with Gasteiger partial charge in [0.05, 0.1) is 0 Å². The molecule has 0 spiro atoms. The molecule has 6 nitrogen and oxygen atoms in total. The van der Waals surface area contributed by atoms with E-state index < -0.39 is 11.5 Å². The molecule has 0 bridgehead atoms. The van der Waals surface area contributed by atoms with E-state index in [2.05, 4.69) is 15.2 Å². The first-order valence-electron chi connectivity index (χ1n) is 6.87. The van der Waals surface area contributed by atoms with E-state index in [-0.39, 0.29) is 22.7 Å². The Hall–Kier alpha value is -2.93. The molecule has 0 fully saturated rings. The van der Waals surface area contributed by atoms with Gasteiger partial charge < -0.3 is 9.52 Å². The van der Waals surface area contributed by atoms with Crippen LogP contribution in [-0.4, -0.2) is 26.1 Å². The number of rotatable bonds is 5. The predicted molar refractivity (Wildman–Crippen MR) is 84.2 cm³/mol. The van der Waals surface area contributed by atoms with Crippen LogP contribution in [0, 0.1) is 5.82 Å². The molecule has 3 aromatic rings. The summed E-state index contributed by atoms with van der Waals surface area (Å²) in [6.07, 6.45) is 1.36. The molecule has 0 atom stereocenters. The Labute approximate surface area is 140 Å². The van der Waals surface area contributed by atoms with Crippen LogP contribution in [0.15, 0.2) is 46.9 Å². The van der Waals surface area contributed by atoms with Gasteiger partial charge in [0.15, 0.2) is 11.5 Å². The van der Waals surface area contributed by atoms with E-state index in [0.717, 1.165) is 11.6 Å². The molecule has 0 aliphatic carbocycles. The Bertz CT molecular complexity index is 899. The molecular weight excluding hydrogens is 337 g/mol. The van der Waals surface area contributed by atoms with Crippen LogP contribution >= 0.6 is 11.6 Å². The molecule has 0 saturated carbocycles. The number of allylic oxidation sites excluding steroid dienone is 1. The van der Waals surface area contributed by atoms with Gasteiger partial charge in [0.1, 0.15) is 11.6 Å². The average molecular weight is 348 g/mol. The highest BCUT2D eigenvalue weighted by molar-refractivity contribution is 6.28. The van der Waals surface area contributed by atoms with Crippen LogP contribution in [-0.2, 0) is 6.42 Å². The van der Waals surface area contributed by atoms with Gasteiger partial charge in [-0.25, -0.2) is 9.49 Å². The van der Waals surface area contributed by atoms with Crippen LogP contribution in [0.2, 0.25) is 5.28 Å². The number of H-pyrrole nitrogens is 1. The summed E-state index contributed by atoms with van der Waals surface area (Å²) in [6, 6.07) is 9.12. The molecular formula is C16H11ClFN3O3. The zero-order valence-electron chi connectivity index (χ0n) is 12.2. The van der Waals surface area contributed by atoms with E-state index in [1.54, 1.807) is 18.2 Å². The first-order valence-corrected chi connectivity index (χ1v) is 7.25. The normalized spacial score (nSPS) is 11.7. The van der Waals surface area contributed by atoms with Crippen molar-refractivity contribution in [2.24, 2.45) is 0 Å². The van der Waals surface area contributed by atoms with Gasteiger partial charge >= 0.3 is 0 Å². The molecule has 24 heavy (non-hydrogen) atoms. The third kappa shape index (κ3) is 3.69. The van der Waals surface area contributed by atoms with Crippen molar-refractivity contribution in [2.45, 2.75) is 6.42 Å². The Morgan fingerprint density at radius 2 is 2.04 bits per heavy atom. The lowest BCUT2D eigenvalue weighted by molar-refractivity contribution is 0.101. The van der Waals surface area contributed by atoms with Crippen LogP contribution in [0.25, 0.3) is 5.76 Å². The fraction of sp³-hybridized carbons (Fsp3) is 0.0625. The average Bonchev–Trinajstić information content (AvgIpc) is 3.19. The summed E-state index contributed by atoms with van der Waals surface area (Å²) in [5.74, 6) is -0.786. The number of aromatic nitrogens is 3. The summed E-state index contributed by atoms with van der Waals surface area (Å²) >= 11 is 5.55. The zero-order chi connectivity index (χ0) is 17.1. The van der Waals surface area contributed by atoms with Crippen LogP contribution < -0.4 is 0 Å². The van der Waals surface area contributed by atoms with Gasteiger partial charge in [-0.2, -0.15) is 4.98 Å². The number of hydrogen-bond donors (Lipinski definition) is 2. The van der Waals surface area contributed by atoms with Gasteiger partial charge in [-0.1, -0.05) is 12.1 Å². The molecule has 3 rings (SSSR count). The van der Waals surface area contributed by atoms with Crippen molar-refractivity contribution in [1.29, 1.82) is 0 Å². The molecule has 2 heterocycles. The topological polar surface area (TPSA) is 92.0 Å². The first-order chi connectivity index (χ1) is 11.5. The number of ketones is 1. The highest BCUT2D eigenvalue weighted by Crippen LogP contribution is 2.16. The summed E-state index contributed by atoms with van der Waals surface area (Å²) in [5.41, 5.74) is 0.846. The molecule has 0 saturated heterocycles. The molecule has 1 aromatic carbocycles. The number of benzene rings is 1. The van der Waals surface area contributed by atoms with Gasteiger partial charge in [0.25, 0.3) is 0 Å². The molecule has 0 aliphatic heterocycles. The maximum absolute atomic E-state index is 12.9. The number of nitrogens with zero attached hydrogens (tertiary/aromatic N) is 2. The number of carbonyl (C=O) groups excluding carboxylic acids is 1. The Kier molecular flexibility index (Phi) is 4.43. The standard InChI is InChI=1S/C16H11ClFN3O3/c17-16-19-15(20-21-16)13(23)8-12(22)14-6-5-11(24-14)7-9-1-3-10(18)4-2-9/h1-6,8,23H,7H2,(H,19,20,21). The van der Waals surface area contributed by atoms with E-state index in [0.29, 0.717) is 12.2 Å². The Balaban J connectivity index is 1.72. The van der Waals surface area contributed by atoms with Crippen LogP contribution in [0.5, 0.6) is 0 Å². The van der Waals surface area contributed by atoms with Crippen molar-refractivity contribution in [3.05, 3.63) is 76.5 Å². The Morgan fingerprint density at radius 1 is 1.29 bits per heavy atom. The maximum Gasteiger partial charge on any atom is 0.224 e. The minimum Gasteiger partial charge on any atom is -0.504 e. The molecule has 8 heteroatoms. The summed E-state index contributed by atoms with van der Waals surface area (Å²) in [7, 11) is 0.